The number of carbonyl (C=O) groups excluding carboxylic acids is 1. The van der Waals surface area contributed by atoms with E-state index in [9.17, 15) is 4.79 Å². The average Bonchev–Trinajstić information content (AvgIpc) is 3.42. The van der Waals surface area contributed by atoms with Crippen LogP contribution in [-0.2, 0) is 6.54 Å². The Labute approximate surface area is 234 Å². The summed E-state index contributed by atoms with van der Waals surface area (Å²) >= 11 is 1.82. The summed E-state index contributed by atoms with van der Waals surface area (Å²) in [6, 6.07) is 8.43. The van der Waals surface area contributed by atoms with E-state index in [2.05, 4.69) is 74.1 Å². The molecule has 0 spiro atoms. The molecule has 5 nitrogen and oxygen atoms in total. The summed E-state index contributed by atoms with van der Waals surface area (Å²) in [5.41, 5.74) is 4.17. The van der Waals surface area contributed by atoms with Gasteiger partial charge in [0.05, 0.1) is 15.9 Å². The molecule has 208 valence electrons. The van der Waals surface area contributed by atoms with Gasteiger partial charge in [-0.2, -0.15) is 0 Å². The van der Waals surface area contributed by atoms with E-state index >= 15 is 0 Å². The van der Waals surface area contributed by atoms with Gasteiger partial charge in [-0.1, -0.05) is 34.1 Å². The van der Waals surface area contributed by atoms with E-state index in [1.807, 2.05) is 17.4 Å². The van der Waals surface area contributed by atoms with E-state index in [4.69, 9.17) is 4.98 Å². The van der Waals surface area contributed by atoms with Gasteiger partial charge in [-0.15, -0.1) is 11.3 Å². The fourth-order valence-electron chi connectivity index (χ4n) is 5.31. The van der Waals surface area contributed by atoms with E-state index in [-0.39, 0.29) is 5.91 Å². The highest BCUT2D eigenvalue weighted by Gasteiger charge is 2.21. The van der Waals surface area contributed by atoms with Crippen molar-refractivity contribution in [1.29, 1.82) is 0 Å². The molecule has 3 heterocycles. The number of fused-ring (bicyclic) bond motifs is 1. The van der Waals surface area contributed by atoms with Gasteiger partial charge in [-0.25, -0.2) is 4.98 Å². The minimum atomic E-state index is 0.152. The number of nitrogens with zero attached hydrogens (tertiary/aromatic N) is 4. The molecule has 0 N–H and O–H groups in total. The van der Waals surface area contributed by atoms with Crippen LogP contribution in [0.25, 0.3) is 21.7 Å². The molecule has 1 fully saturated rings. The van der Waals surface area contributed by atoms with Gasteiger partial charge in [0.1, 0.15) is 0 Å². The number of aryl methyl sites for hydroxylation is 3. The Bertz CT molecular complexity index is 1170. The van der Waals surface area contributed by atoms with Gasteiger partial charge in [-0.05, 0) is 107 Å². The van der Waals surface area contributed by atoms with E-state index in [0.717, 1.165) is 67.9 Å². The van der Waals surface area contributed by atoms with Crippen LogP contribution in [0, 0.1) is 25.7 Å². The fourth-order valence-corrected chi connectivity index (χ4v) is 6.35. The molecule has 1 aromatic carbocycles. The van der Waals surface area contributed by atoms with Gasteiger partial charge in [0, 0.05) is 30.1 Å². The number of hydrogen-bond acceptors (Lipinski definition) is 4. The van der Waals surface area contributed by atoms with Crippen LogP contribution in [0.2, 0.25) is 0 Å². The molecule has 1 aliphatic rings. The number of thiophene rings is 1. The van der Waals surface area contributed by atoms with Crippen LogP contribution in [0.15, 0.2) is 24.3 Å². The van der Waals surface area contributed by atoms with Crippen molar-refractivity contribution in [2.45, 2.75) is 86.6 Å². The first kappa shape index (κ1) is 28.8. The number of piperidine rings is 1. The Morgan fingerprint density at radius 2 is 1.66 bits per heavy atom. The normalized spacial score (nSPS) is 14.7. The zero-order valence-electron chi connectivity index (χ0n) is 24.6. The highest BCUT2D eigenvalue weighted by molar-refractivity contribution is 7.15. The SMILES string of the molecule is Cc1cc(-c2nc3ccc(C(=O)N(CCC(C)C)CCC(C)C)cc3n2CCCN2CCCCC2)sc1C. The summed E-state index contributed by atoms with van der Waals surface area (Å²) in [4.78, 5) is 26.1. The van der Waals surface area contributed by atoms with Crippen LogP contribution in [0.4, 0.5) is 0 Å². The molecule has 0 radical (unpaired) electrons. The van der Waals surface area contributed by atoms with Gasteiger partial charge >= 0.3 is 0 Å². The van der Waals surface area contributed by atoms with Crippen molar-refractivity contribution in [2.24, 2.45) is 11.8 Å². The maximum absolute atomic E-state index is 13.8. The molecule has 2 aromatic heterocycles. The largest absolute Gasteiger partial charge is 0.339 e. The monoisotopic (exact) mass is 536 g/mol. The third kappa shape index (κ3) is 7.26. The first-order chi connectivity index (χ1) is 18.2. The Kier molecular flexibility index (Phi) is 10.1. The summed E-state index contributed by atoms with van der Waals surface area (Å²) in [7, 11) is 0. The number of hydrogen-bond donors (Lipinski definition) is 0. The lowest BCUT2D eigenvalue weighted by atomic mass is 10.1. The molecule has 3 aromatic rings. The molecule has 6 heteroatoms. The third-order valence-electron chi connectivity index (χ3n) is 7.93. The van der Waals surface area contributed by atoms with Crippen LogP contribution < -0.4 is 0 Å². The molecular weight excluding hydrogens is 488 g/mol. The molecule has 0 aliphatic carbocycles. The van der Waals surface area contributed by atoms with E-state index in [1.54, 1.807) is 0 Å². The number of imidazole rings is 1. The number of aromatic nitrogens is 2. The van der Waals surface area contributed by atoms with Crippen molar-refractivity contribution in [3.8, 4) is 10.7 Å². The van der Waals surface area contributed by atoms with Gasteiger partial charge in [-0.3, -0.25) is 4.79 Å². The molecule has 1 amide bonds. The second kappa shape index (κ2) is 13.3. The standard InChI is InChI=1S/C32H48N4OS/c1-23(2)13-19-35(20-14-24(3)4)32(37)27-11-12-28-29(22-27)36(18-10-17-34-15-8-7-9-16-34)31(33-28)30-21-25(5)26(6)38-30/h11-12,21-24H,7-10,13-20H2,1-6H3. The van der Waals surface area contributed by atoms with Gasteiger partial charge in [0.25, 0.3) is 5.91 Å². The topological polar surface area (TPSA) is 41.4 Å². The summed E-state index contributed by atoms with van der Waals surface area (Å²) in [6.07, 6.45) is 7.16. The maximum Gasteiger partial charge on any atom is 0.253 e. The van der Waals surface area contributed by atoms with Crippen LogP contribution in [-0.4, -0.2) is 58.0 Å². The predicted molar refractivity (Wildman–Crippen MR) is 162 cm³/mol. The summed E-state index contributed by atoms with van der Waals surface area (Å²) in [5, 5.41) is 0. The van der Waals surface area contributed by atoms with Gasteiger partial charge in [0.2, 0.25) is 0 Å². The molecule has 1 aliphatic heterocycles. The third-order valence-corrected chi connectivity index (χ3v) is 9.07. The molecular formula is C32H48N4OS. The first-order valence-corrected chi connectivity index (χ1v) is 15.6. The van der Waals surface area contributed by atoms with Gasteiger partial charge < -0.3 is 14.4 Å². The molecule has 1 saturated heterocycles. The molecule has 0 bridgehead atoms. The molecule has 0 unspecified atom stereocenters. The minimum absolute atomic E-state index is 0.152. The summed E-state index contributed by atoms with van der Waals surface area (Å²) in [5.74, 6) is 2.35. The van der Waals surface area contributed by atoms with E-state index in [0.29, 0.717) is 11.8 Å². The minimum Gasteiger partial charge on any atom is -0.339 e. The van der Waals surface area contributed by atoms with Gasteiger partial charge in [0.15, 0.2) is 5.82 Å². The predicted octanol–water partition coefficient (Wildman–Crippen LogP) is 7.79. The fraction of sp³-hybridized carbons (Fsp3) is 0.625. The number of carbonyl (C=O) groups is 1. The van der Waals surface area contributed by atoms with Crippen molar-refractivity contribution in [3.05, 3.63) is 40.3 Å². The van der Waals surface area contributed by atoms with Crippen LogP contribution in [0.5, 0.6) is 0 Å². The van der Waals surface area contributed by atoms with Crippen molar-refractivity contribution in [3.63, 3.8) is 0 Å². The lowest BCUT2D eigenvalue weighted by Gasteiger charge is -2.26. The number of likely N-dealkylation sites (tertiary alicyclic amines) is 1. The zero-order chi connectivity index (χ0) is 27.2. The van der Waals surface area contributed by atoms with Crippen LogP contribution >= 0.6 is 11.3 Å². The Morgan fingerprint density at radius 3 is 2.26 bits per heavy atom. The summed E-state index contributed by atoms with van der Waals surface area (Å²) in [6.45, 7) is 19.4. The molecule has 38 heavy (non-hydrogen) atoms. The van der Waals surface area contributed by atoms with E-state index < -0.39 is 0 Å². The van der Waals surface area contributed by atoms with Crippen molar-refractivity contribution >= 4 is 28.3 Å². The van der Waals surface area contributed by atoms with Crippen molar-refractivity contribution < 1.29 is 4.79 Å². The van der Waals surface area contributed by atoms with Crippen molar-refractivity contribution in [2.75, 3.05) is 32.7 Å². The molecule has 4 rings (SSSR count). The summed E-state index contributed by atoms with van der Waals surface area (Å²) < 4.78 is 2.38. The number of benzene rings is 1. The lowest BCUT2D eigenvalue weighted by molar-refractivity contribution is 0.0741. The van der Waals surface area contributed by atoms with E-state index in [1.165, 1.54) is 47.7 Å². The quantitative estimate of drug-likeness (QED) is 0.237. The Morgan fingerprint density at radius 1 is 0.974 bits per heavy atom. The highest BCUT2D eigenvalue weighted by Crippen LogP contribution is 2.33. The average molecular weight is 537 g/mol. The molecule has 0 saturated carbocycles. The Balaban J connectivity index is 1.64. The lowest BCUT2D eigenvalue weighted by Crippen LogP contribution is -2.34. The second-order valence-electron chi connectivity index (χ2n) is 12.1. The van der Waals surface area contributed by atoms with Crippen molar-refractivity contribution in [1.82, 2.24) is 19.4 Å². The smallest absolute Gasteiger partial charge is 0.253 e. The number of rotatable bonds is 12. The number of amides is 1. The zero-order valence-corrected chi connectivity index (χ0v) is 25.4. The Hall–Kier alpha value is -2.18. The van der Waals surface area contributed by atoms with Crippen LogP contribution in [0.1, 0.15) is 87.0 Å². The second-order valence-corrected chi connectivity index (χ2v) is 13.3. The highest BCUT2D eigenvalue weighted by atomic mass is 32.1. The molecule has 0 atom stereocenters. The first-order valence-electron chi connectivity index (χ1n) is 14.8. The maximum atomic E-state index is 13.8. The van der Waals surface area contributed by atoms with Crippen LogP contribution in [0.3, 0.4) is 0 Å².